The first-order valence-electron chi connectivity index (χ1n) is 9.98. The van der Waals surface area contributed by atoms with Gasteiger partial charge in [-0.3, -0.25) is 15.2 Å². The van der Waals surface area contributed by atoms with Crippen molar-refractivity contribution in [1.29, 1.82) is 0 Å². The minimum Gasteiger partial charge on any atom is -0.468 e. The molecule has 30 heavy (non-hydrogen) atoms. The molecule has 0 aromatic heterocycles. The largest absolute Gasteiger partial charge is 0.468 e. The first-order valence-corrected chi connectivity index (χ1v) is 9.98. The lowest BCUT2D eigenvalue weighted by Crippen LogP contribution is -2.45. The number of hydrogen-bond acceptors (Lipinski definition) is 6. The number of hydrazine groups is 1. The molecule has 0 spiro atoms. The lowest BCUT2D eigenvalue weighted by Gasteiger charge is -2.40. The molecule has 6 heteroatoms. The maximum atomic E-state index is 11.5. The quantitative estimate of drug-likeness (QED) is 0.615. The molecule has 3 aromatic rings. The number of methoxy groups -OCH3 is 1. The van der Waals surface area contributed by atoms with Crippen molar-refractivity contribution in [3.63, 3.8) is 0 Å². The lowest BCUT2D eigenvalue weighted by atomic mass is 10.1. The zero-order valence-corrected chi connectivity index (χ0v) is 17.0. The van der Waals surface area contributed by atoms with Gasteiger partial charge in [-0.2, -0.15) is 0 Å². The summed E-state index contributed by atoms with van der Waals surface area (Å²) < 4.78 is 4.70. The number of nitrogens with one attached hydrogen (secondary N) is 1. The van der Waals surface area contributed by atoms with Crippen LogP contribution in [0.25, 0.3) is 0 Å². The molecule has 1 heterocycles. The highest BCUT2D eigenvalue weighted by atomic mass is 16.5. The van der Waals surface area contributed by atoms with Crippen LogP contribution >= 0.6 is 0 Å². The summed E-state index contributed by atoms with van der Waals surface area (Å²) in [6.45, 7) is 1.58. The van der Waals surface area contributed by atoms with Crippen molar-refractivity contribution in [2.24, 2.45) is 5.73 Å². The van der Waals surface area contributed by atoms with Gasteiger partial charge in [0.1, 0.15) is 12.7 Å². The van der Waals surface area contributed by atoms with Crippen LogP contribution < -0.4 is 21.1 Å². The summed E-state index contributed by atoms with van der Waals surface area (Å²) in [5.74, 6) is -0.400. The molecule has 1 atom stereocenters. The van der Waals surface area contributed by atoms with E-state index >= 15 is 0 Å². The summed E-state index contributed by atoms with van der Waals surface area (Å²) in [5, 5.41) is 2.15. The van der Waals surface area contributed by atoms with Crippen molar-refractivity contribution in [3.8, 4) is 0 Å². The Kier molecular flexibility index (Phi) is 5.86. The fourth-order valence-corrected chi connectivity index (χ4v) is 3.68. The first kappa shape index (κ1) is 19.8. The maximum Gasteiger partial charge on any atom is 0.322 e. The highest BCUT2D eigenvalue weighted by Gasteiger charge is 2.22. The Morgan fingerprint density at radius 3 is 2.47 bits per heavy atom. The monoisotopic (exact) mass is 402 g/mol. The molecule has 6 nitrogen and oxygen atoms in total. The van der Waals surface area contributed by atoms with Gasteiger partial charge in [-0.25, -0.2) is 0 Å². The third kappa shape index (κ3) is 4.39. The summed E-state index contributed by atoms with van der Waals surface area (Å²) in [7, 11) is 1.35. The summed E-state index contributed by atoms with van der Waals surface area (Å²) in [4.78, 5) is 13.9. The minimum absolute atomic E-state index is 0.400. The van der Waals surface area contributed by atoms with E-state index in [-0.39, 0.29) is 0 Å². The van der Waals surface area contributed by atoms with Crippen LogP contribution in [0, 0.1) is 0 Å². The number of carbonyl (C=O) groups is 1. The summed E-state index contributed by atoms with van der Waals surface area (Å²) in [6.07, 6.45) is 0.446. The molecule has 0 saturated heterocycles. The van der Waals surface area contributed by atoms with Crippen LogP contribution in [0.3, 0.4) is 0 Å². The van der Waals surface area contributed by atoms with Crippen molar-refractivity contribution >= 4 is 23.0 Å². The zero-order chi connectivity index (χ0) is 20.9. The van der Waals surface area contributed by atoms with Gasteiger partial charge in [0.15, 0.2) is 0 Å². The molecule has 0 bridgehead atoms. The highest BCUT2D eigenvalue weighted by molar-refractivity contribution is 5.75. The van der Waals surface area contributed by atoms with Gasteiger partial charge < -0.3 is 15.4 Å². The number of para-hydroxylation sites is 2. The second-order valence-corrected chi connectivity index (χ2v) is 7.37. The molecule has 1 unspecified atom stereocenters. The second-order valence-electron chi connectivity index (χ2n) is 7.37. The molecule has 0 radical (unpaired) electrons. The smallest absolute Gasteiger partial charge is 0.322 e. The van der Waals surface area contributed by atoms with Gasteiger partial charge in [0, 0.05) is 12.2 Å². The SMILES string of the molecule is COC(=O)C(N)Cc1ccc(NN2CN(c3ccccc3)Cc3ccccc32)cc1. The van der Waals surface area contributed by atoms with Crippen molar-refractivity contribution in [3.05, 3.63) is 90.0 Å². The van der Waals surface area contributed by atoms with E-state index < -0.39 is 12.0 Å². The number of benzene rings is 3. The number of nitrogens with zero attached hydrogens (tertiary/aromatic N) is 2. The number of hydrogen-bond donors (Lipinski definition) is 2. The molecule has 3 N–H and O–H groups in total. The predicted octanol–water partition coefficient (Wildman–Crippen LogP) is 3.54. The Morgan fingerprint density at radius 1 is 1.03 bits per heavy atom. The number of nitrogens with two attached hydrogens (primary N) is 1. The van der Waals surface area contributed by atoms with E-state index in [4.69, 9.17) is 10.5 Å². The molecule has 4 rings (SSSR count). The first-order chi connectivity index (χ1) is 14.6. The van der Waals surface area contributed by atoms with E-state index in [0.29, 0.717) is 6.42 Å². The van der Waals surface area contributed by atoms with Gasteiger partial charge >= 0.3 is 5.97 Å². The molecule has 0 amide bonds. The van der Waals surface area contributed by atoms with E-state index in [1.165, 1.54) is 24.0 Å². The number of ether oxygens (including phenoxy) is 1. The molecule has 0 aliphatic carbocycles. The van der Waals surface area contributed by atoms with E-state index in [9.17, 15) is 4.79 Å². The third-order valence-electron chi connectivity index (χ3n) is 5.25. The highest BCUT2D eigenvalue weighted by Crippen LogP contribution is 2.30. The number of fused-ring (bicyclic) bond motifs is 1. The van der Waals surface area contributed by atoms with Crippen molar-refractivity contribution in [2.75, 3.05) is 29.1 Å². The number of anilines is 3. The Bertz CT molecular complexity index is 992. The maximum absolute atomic E-state index is 11.5. The van der Waals surface area contributed by atoms with Gasteiger partial charge in [-0.05, 0) is 47.9 Å². The fourth-order valence-electron chi connectivity index (χ4n) is 3.68. The summed E-state index contributed by atoms with van der Waals surface area (Å²) in [6, 6.07) is 26.2. The molecule has 1 aliphatic rings. The van der Waals surface area contributed by atoms with E-state index in [1.54, 1.807) is 0 Å². The number of rotatable bonds is 6. The van der Waals surface area contributed by atoms with Gasteiger partial charge in [0.2, 0.25) is 0 Å². The predicted molar refractivity (Wildman–Crippen MR) is 120 cm³/mol. The van der Waals surface area contributed by atoms with Crippen LogP contribution in [-0.2, 0) is 22.5 Å². The summed E-state index contributed by atoms with van der Waals surface area (Å²) >= 11 is 0. The average Bonchev–Trinajstić information content (AvgIpc) is 2.80. The van der Waals surface area contributed by atoms with Crippen molar-refractivity contribution in [2.45, 2.75) is 19.0 Å². The van der Waals surface area contributed by atoms with Gasteiger partial charge in [-0.1, -0.05) is 48.5 Å². The fraction of sp³-hybridized carbons (Fsp3) is 0.208. The van der Waals surface area contributed by atoms with Crippen LogP contribution in [0.1, 0.15) is 11.1 Å². The molecule has 0 fully saturated rings. The van der Waals surface area contributed by atoms with Crippen molar-refractivity contribution in [1.82, 2.24) is 0 Å². The average molecular weight is 402 g/mol. The van der Waals surface area contributed by atoms with Crippen LogP contribution in [0.5, 0.6) is 0 Å². The third-order valence-corrected chi connectivity index (χ3v) is 5.25. The van der Waals surface area contributed by atoms with Crippen LogP contribution in [0.15, 0.2) is 78.9 Å². The number of esters is 1. The van der Waals surface area contributed by atoms with Crippen LogP contribution in [-0.4, -0.2) is 25.8 Å². The van der Waals surface area contributed by atoms with Crippen LogP contribution in [0.4, 0.5) is 17.1 Å². The molecule has 3 aromatic carbocycles. The minimum atomic E-state index is -0.651. The Hall–Kier alpha value is -3.51. The Balaban J connectivity index is 1.51. The van der Waals surface area contributed by atoms with Crippen molar-refractivity contribution < 1.29 is 9.53 Å². The standard InChI is InChI=1S/C24H26N4O2/c1-30-24(29)22(25)15-18-11-13-20(14-12-18)26-28-17-27(21-8-3-2-4-9-21)16-19-7-5-6-10-23(19)28/h2-14,22,26H,15-17,25H2,1H3. The second kappa shape index (κ2) is 8.88. The van der Waals surface area contributed by atoms with Gasteiger partial charge in [-0.15, -0.1) is 0 Å². The van der Waals surface area contributed by atoms with E-state index in [1.807, 2.05) is 30.3 Å². The van der Waals surface area contributed by atoms with Gasteiger partial charge in [0.05, 0.1) is 18.5 Å². The Labute approximate surface area is 176 Å². The molecular formula is C24H26N4O2. The Morgan fingerprint density at radius 2 is 1.73 bits per heavy atom. The van der Waals surface area contributed by atoms with E-state index in [2.05, 4.69) is 63.9 Å². The molecule has 0 saturated carbocycles. The molecule has 1 aliphatic heterocycles. The van der Waals surface area contributed by atoms with Crippen LogP contribution in [0.2, 0.25) is 0 Å². The number of carbonyl (C=O) groups excluding carboxylic acids is 1. The normalized spacial score (nSPS) is 14.1. The molecular weight excluding hydrogens is 376 g/mol. The lowest BCUT2D eigenvalue weighted by molar-refractivity contribution is -0.142. The summed E-state index contributed by atoms with van der Waals surface area (Å²) in [5.41, 5.74) is 15.0. The van der Waals surface area contributed by atoms with Gasteiger partial charge in [0.25, 0.3) is 0 Å². The molecule has 154 valence electrons. The van der Waals surface area contributed by atoms with E-state index in [0.717, 1.165) is 24.5 Å². The zero-order valence-electron chi connectivity index (χ0n) is 17.0. The topological polar surface area (TPSA) is 70.8 Å².